The van der Waals surface area contributed by atoms with Gasteiger partial charge in [0.2, 0.25) is 11.8 Å². The fourth-order valence-corrected chi connectivity index (χ4v) is 5.14. The summed E-state index contributed by atoms with van der Waals surface area (Å²) >= 11 is 0. The number of piperidine rings is 1. The van der Waals surface area contributed by atoms with E-state index in [1.807, 2.05) is 49.4 Å². The van der Waals surface area contributed by atoms with Crippen LogP contribution in [0.5, 0.6) is 11.5 Å². The Morgan fingerprint density at radius 3 is 2.65 bits per heavy atom. The fourth-order valence-electron chi connectivity index (χ4n) is 5.14. The number of hydrogen-bond donors (Lipinski definition) is 3. The summed E-state index contributed by atoms with van der Waals surface area (Å²) in [5.74, 6) is 1.03. The van der Waals surface area contributed by atoms with Crippen LogP contribution in [0.15, 0.2) is 54.6 Å². The fraction of sp³-hybridized carbons (Fsp3) is 0.452. The molecule has 1 spiro atoms. The van der Waals surface area contributed by atoms with Crippen LogP contribution in [0.3, 0.4) is 0 Å². The van der Waals surface area contributed by atoms with Gasteiger partial charge in [0.1, 0.15) is 11.5 Å². The van der Waals surface area contributed by atoms with Crippen molar-refractivity contribution >= 4 is 23.4 Å². The number of allylic oxidation sites excluding steroid dienone is 1. The topological polar surface area (TPSA) is 109 Å². The highest BCUT2D eigenvalue weighted by Crippen LogP contribution is 2.36. The first-order valence-electron chi connectivity index (χ1n) is 14.0. The quantitative estimate of drug-likeness (QED) is 0.503. The molecule has 9 heteroatoms. The third kappa shape index (κ3) is 7.63. The lowest BCUT2D eigenvalue weighted by Crippen LogP contribution is -2.50. The molecule has 2 aliphatic rings. The number of carbonyl (C=O) groups is 3. The van der Waals surface area contributed by atoms with Gasteiger partial charge in [-0.05, 0) is 75.9 Å². The molecule has 0 saturated carbocycles. The predicted molar refractivity (Wildman–Crippen MR) is 155 cm³/mol. The van der Waals surface area contributed by atoms with Crippen LogP contribution in [-0.2, 0) is 9.59 Å². The number of amides is 3. The Kier molecular flexibility index (Phi) is 10.2. The minimum Gasteiger partial charge on any atom is -0.497 e. The molecule has 214 valence electrons. The van der Waals surface area contributed by atoms with E-state index >= 15 is 0 Å². The van der Waals surface area contributed by atoms with Crippen LogP contribution >= 0.6 is 0 Å². The molecule has 9 nitrogen and oxygen atoms in total. The summed E-state index contributed by atoms with van der Waals surface area (Å²) in [6, 6.07) is 12.8. The summed E-state index contributed by atoms with van der Waals surface area (Å²) in [7, 11) is 1.60. The summed E-state index contributed by atoms with van der Waals surface area (Å²) in [5.41, 5.74) is 1.69. The molecule has 0 bridgehead atoms. The highest BCUT2D eigenvalue weighted by molar-refractivity contribution is 5.97. The molecule has 40 heavy (non-hydrogen) atoms. The maximum absolute atomic E-state index is 13.4. The van der Waals surface area contributed by atoms with Gasteiger partial charge in [0.05, 0.1) is 31.2 Å². The van der Waals surface area contributed by atoms with E-state index < -0.39 is 5.41 Å². The molecule has 0 radical (unpaired) electrons. The number of rotatable bonds is 4. The van der Waals surface area contributed by atoms with E-state index in [2.05, 4.69) is 26.9 Å². The van der Waals surface area contributed by atoms with Crippen LogP contribution in [0, 0.1) is 12.3 Å². The maximum atomic E-state index is 13.4. The van der Waals surface area contributed by atoms with Crippen molar-refractivity contribution in [3.8, 4) is 11.5 Å². The lowest BCUT2D eigenvalue weighted by molar-refractivity contribution is -0.134. The van der Waals surface area contributed by atoms with Gasteiger partial charge in [-0.1, -0.05) is 30.4 Å². The SMILES string of the molecule is COc1ccc(C)c(NC(=O)CN2CCC3(C/C=C\CCOc4ccccc4C(=O)NCCCNC3=O)CC2)c1. The molecule has 2 aromatic carbocycles. The van der Waals surface area contributed by atoms with Gasteiger partial charge in [-0.3, -0.25) is 19.3 Å². The van der Waals surface area contributed by atoms with E-state index in [0.717, 1.165) is 11.3 Å². The molecule has 0 atom stereocenters. The maximum Gasteiger partial charge on any atom is 0.255 e. The number of carbonyl (C=O) groups excluding carboxylic acids is 3. The second-order valence-electron chi connectivity index (χ2n) is 10.5. The number of hydrogen-bond acceptors (Lipinski definition) is 6. The zero-order valence-corrected chi connectivity index (χ0v) is 23.5. The van der Waals surface area contributed by atoms with E-state index in [1.165, 1.54) is 0 Å². The molecular weight excluding hydrogens is 508 g/mol. The minimum atomic E-state index is -0.527. The van der Waals surface area contributed by atoms with Gasteiger partial charge in [0, 0.05) is 24.8 Å². The van der Waals surface area contributed by atoms with Crippen LogP contribution in [-0.4, -0.2) is 69.1 Å². The van der Waals surface area contributed by atoms with Gasteiger partial charge in [-0.2, -0.15) is 0 Å². The molecule has 2 aliphatic heterocycles. The zero-order valence-electron chi connectivity index (χ0n) is 23.5. The Bertz CT molecular complexity index is 1220. The monoisotopic (exact) mass is 548 g/mol. The van der Waals surface area contributed by atoms with Crippen LogP contribution in [0.25, 0.3) is 0 Å². The zero-order chi connectivity index (χ0) is 28.4. The molecule has 0 aliphatic carbocycles. The van der Waals surface area contributed by atoms with Gasteiger partial charge in [0.25, 0.3) is 5.91 Å². The first kappa shape index (κ1) is 29.1. The smallest absolute Gasteiger partial charge is 0.255 e. The van der Waals surface area contributed by atoms with E-state index in [1.54, 1.807) is 13.2 Å². The number of para-hydroxylation sites is 1. The molecule has 1 fully saturated rings. The summed E-state index contributed by atoms with van der Waals surface area (Å²) < 4.78 is 11.2. The Morgan fingerprint density at radius 2 is 1.85 bits per heavy atom. The number of ether oxygens (including phenoxy) is 2. The van der Waals surface area contributed by atoms with Crippen molar-refractivity contribution in [3.05, 3.63) is 65.7 Å². The molecule has 3 N–H and O–H groups in total. The number of nitrogens with one attached hydrogen (secondary N) is 3. The predicted octanol–water partition coefficient (Wildman–Crippen LogP) is 3.69. The lowest BCUT2D eigenvalue weighted by Gasteiger charge is -2.40. The Labute approximate surface area is 236 Å². The Morgan fingerprint density at radius 1 is 1.07 bits per heavy atom. The molecule has 4 rings (SSSR count). The average molecular weight is 549 g/mol. The van der Waals surface area contributed by atoms with E-state index in [4.69, 9.17) is 9.47 Å². The molecule has 3 amide bonds. The number of fused-ring (bicyclic) bond motifs is 1. The van der Waals surface area contributed by atoms with Gasteiger partial charge in [-0.25, -0.2) is 0 Å². The Balaban J connectivity index is 1.35. The number of aryl methyl sites for hydroxylation is 1. The van der Waals surface area contributed by atoms with Crippen molar-refractivity contribution in [1.29, 1.82) is 0 Å². The van der Waals surface area contributed by atoms with Crippen LogP contribution in [0.4, 0.5) is 5.69 Å². The van der Waals surface area contributed by atoms with Crippen molar-refractivity contribution in [3.63, 3.8) is 0 Å². The van der Waals surface area contributed by atoms with E-state index in [-0.39, 0.29) is 24.3 Å². The molecule has 1 saturated heterocycles. The van der Waals surface area contributed by atoms with Crippen molar-refractivity contribution in [1.82, 2.24) is 15.5 Å². The van der Waals surface area contributed by atoms with Gasteiger partial charge in [-0.15, -0.1) is 0 Å². The van der Waals surface area contributed by atoms with Crippen LogP contribution in [0.2, 0.25) is 0 Å². The highest BCUT2D eigenvalue weighted by Gasteiger charge is 2.40. The summed E-state index contributed by atoms with van der Waals surface area (Å²) in [4.78, 5) is 41.0. The largest absolute Gasteiger partial charge is 0.497 e. The molecule has 2 heterocycles. The third-order valence-corrected chi connectivity index (χ3v) is 7.65. The normalized spacial score (nSPS) is 19.4. The summed E-state index contributed by atoms with van der Waals surface area (Å²) in [5, 5.41) is 9.02. The van der Waals surface area contributed by atoms with Gasteiger partial charge in [0.15, 0.2) is 0 Å². The third-order valence-electron chi connectivity index (χ3n) is 7.65. The van der Waals surface area contributed by atoms with Crippen LogP contribution in [0.1, 0.15) is 48.0 Å². The molecule has 2 aromatic rings. The summed E-state index contributed by atoms with van der Waals surface area (Å²) in [6.45, 7) is 4.90. The molecule has 0 aromatic heterocycles. The van der Waals surface area contributed by atoms with Gasteiger partial charge >= 0.3 is 0 Å². The second kappa shape index (κ2) is 14.0. The Hall–Kier alpha value is -3.85. The van der Waals surface area contributed by atoms with E-state index in [9.17, 15) is 14.4 Å². The average Bonchev–Trinajstić information content (AvgIpc) is 2.96. The van der Waals surface area contributed by atoms with Crippen molar-refractivity contribution in [2.24, 2.45) is 5.41 Å². The van der Waals surface area contributed by atoms with Crippen molar-refractivity contribution in [2.75, 3.05) is 51.8 Å². The highest BCUT2D eigenvalue weighted by atomic mass is 16.5. The summed E-state index contributed by atoms with van der Waals surface area (Å²) in [6.07, 6.45) is 7.37. The second-order valence-corrected chi connectivity index (χ2v) is 10.5. The molecular formula is C31H40N4O5. The molecule has 0 unspecified atom stereocenters. The first-order valence-corrected chi connectivity index (χ1v) is 14.0. The van der Waals surface area contributed by atoms with Crippen molar-refractivity contribution in [2.45, 2.75) is 39.0 Å². The number of likely N-dealkylation sites (tertiary alicyclic amines) is 1. The standard InChI is InChI=1S/C31H40N4O5/c1-23-11-12-24(39-2)21-26(23)34-28(36)22-35-18-14-31(15-19-35)13-6-3-7-20-40-27-10-5-4-9-25(27)29(37)32-16-8-17-33-30(31)38/h3-6,9-12,21H,7-8,13-20,22H2,1-2H3,(H,32,37)(H,33,38)(H,34,36)/b6-3-. The lowest BCUT2D eigenvalue weighted by atomic mass is 9.74. The van der Waals surface area contributed by atoms with Crippen LogP contribution < -0.4 is 25.4 Å². The number of benzene rings is 2. The number of nitrogens with zero attached hydrogens (tertiary/aromatic N) is 1. The number of anilines is 1. The van der Waals surface area contributed by atoms with E-state index in [0.29, 0.717) is 82.0 Å². The first-order chi connectivity index (χ1) is 19.4. The van der Waals surface area contributed by atoms with Crippen molar-refractivity contribution < 1.29 is 23.9 Å². The van der Waals surface area contributed by atoms with Gasteiger partial charge < -0.3 is 25.4 Å². The number of methoxy groups -OCH3 is 1. The minimum absolute atomic E-state index is 0.0354.